The molecule has 1 heteroatoms. The number of fused-ring (bicyclic) bond motifs is 10. The van der Waals surface area contributed by atoms with E-state index < -0.39 is 0 Å². The van der Waals surface area contributed by atoms with E-state index in [0.29, 0.717) is 11.8 Å². The predicted molar refractivity (Wildman–Crippen MR) is 117 cm³/mol. The quantitative estimate of drug-likeness (QED) is 0.348. The molecule has 0 saturated carbocycles. The normalized spacial score (nSPS) is 19.8. The molecule has 2 atom stereocenters. The molecule has 0 spiro atoms. The van der Waals surface area contributed by atoms with Gasteiger partial charge in [0.1, 0.15) is 11.4 Å². The first kappa shape index (κ1) is 16.2. The summed E-state index contributed by atoms with van der Waals surface area (Å²) in [5.41, 5.74) is 5.90. The van der Waals surface area contributed by atoms with Crippen molar-refractivity contribution in [2.24, 2.45) is 0 Å². The molecule has 0 aliphatic heterocycles. The summed E-state index contributed by atoms with van der Waals surface area (Å²) < 4.78 is 6.28. The van der Waals surface area contributed by atoms with Gasteiger partial charge in [0.05, 0.1) is 0 Å². The second kappa shape index (κ2) is 5.38. The van der Waals surface area contributed by atoms with Crippen LogP contribution >= 0.6 is 0 Å². The lowest BCUT2D eigenvalue weighted by atomic mass is 9.83. The van der Waals surface area contributed by atoms with Crippen LogP contribution in [0.4, 0.5) is 0 Å². The third-order valence-corrected chi connectivity index (χ3v) is 6.38. The highest BCUT2D eigenvalue weighted by molar-refractivity contribution is 5.92. The van der Waals surface area contributed by atoms with Crippen LogP contribution in [-0.2, 0) is 0 Å². The van der Waals surface area contributed by atoms with Gasteiger partial charge in [-0.3, -0.25) is 0 Å². The van der Waals surface area contributed by atoms with Gasteiger partial charge in [-0.05, 0) is 77.7 Å². The molecule has 0 amide bonds. The first-order valence-corrected chi connectivity index (χ1v) is 10.3. The lowest BCUT2D eigenvalue weighted by Crippen LogP contribution is -2.23. The zero-order chi connectivity index (χ0) is 19.0. The van der Waals surface area contributed by atoms with Gasteiger partial charge in [-0.2, -0.15) is 0 Å². The lowest BCUT2D eigenvalue weighted by Gasteiger charge is -2.24. The molecule has 2 bridgehead atoms. The van der Waals surface area contributed by atoms with Gasteiger partial charge < -0.3 is 4.74 Å². The molecule has 2 unspecified atom stereocenters. The number of benzene rings is 4. The van der Waals surface area contributed by atoms with Gasteiger partial charge in [0.25, 0.3) is 0 Å². The van der Waals surface area contributed by atoms with Gasteiger partial charge in [0.2, 0.25) is 0 Å². The zero-order valence-electron chi connectivity index (χ0n) is 16.6. The summed E-state index contributed by atoms with van der Waals surface area (Å²) in [6.07, 6.45) is 1.22. The van der Waals surface area contributed by atoms with Crippen LogP contribution in [0.15, 0.2) is 66.7 Å². The number of hydrogen-bond acceptors (Lipinski definition) is 1. The number of rotatable bonds is 1. The molecule has 1 nitrogen and oxygen atoms in total. The van der Waals surface area contributed by atoms with Crippen molar-refractivity contribution in [3.05, 3.63) is 89.0 Å². The molecule has 138 valence electrons. The highest BCUT2D eigenvalue weighted by atomic mass is 16.5. The topological polar surface area (TPSA) is 9.23 Å². The maximum absolute atomic E-state index is 6.28. The maximum Gasteiger partial charge on any atom is 0.127 e. The third-order valence-electron chi connectivity index (χ3n) is 6.38. The van der Waals surface area contributed by atoms with Crippen molar-refractivity contribution in [2.45, 2.75) is 44.6 Å². The minimum Gasteiger partial charge on any atom is -0.488 e. The molecule has 2 aliphatic rings. The zero-order valence-corrected chi connectivity index (χ0v) is 16.6. The van der Waals surface area contributed by atoms with Gasteiger partial charge in [-0.1, -0.05) is 54.6 Å². The molecule has 0 aromatic heterocycles. The largest absolute Gasteiger partial charge is 0.488 e. The Labute approximate surface area is 166 Å². The molecular formula is C27H24O. The SMILES string of the molecule is CC(C)(C)Oc1cccc2cc3c(cc12)C1CC3c2cc3ccccc3cc21. The molecule has 4 aromatic rings. The first-order chi connectivity index (χ1) is 13.5. The van der Waals surface area contributed by atoms with Crippen LogP contribution in [0.5, 0.6) is 5.75 Å². The Morgan fingerprint density at radius 2 is 1.21 bits per heavy atom. The van der Waals surface area contributed by atoms with E-state index in [1.165, 1.54) is 50.2 Å². The number of hydrogen-bond donors (Lipinski definition) is 0. The van der Waals surface area contributed by atoms with Crippen LogP contribution < -0.4 is 4.74 Å². The summed E-state index contributed by atoms with van der Waals surface area (Å²) in [5.74, 6) is 2.05. The minimum atomic E-state index is -0.197. The molecule has 28 heavy (non-hydrogen) atoms. The van der Waals surface area contributed by atoms with Crippen LogP contribution in [0.2, 0.25) is 0 Å². The van der Waals surface area contributed by atoms with Crippen molar-refractivity contribution < 1.29 is 4.74 Å². The Balaban J connectivity index is 1.54. The van der Waals surface area contributed by atoms with Crippen molar-refractivity contribution in [2.75, 3.05) is 0 Å². The summed E-state index contributed by atoms with van der Waals surface area (Å²) in [6, 6.07) is 24.9. The summed E-state index contributed by atoms with van der Waals surface area (Å²) in [4.78, 5) is 0. The van der Waals surface area contributed by atoms with Crippen molar-refractivity contribution >= 4 is 21.5 Å². The molecule has 2 aliphatic carbocycles. The first-order valence-electron chi connectivity index (χ1n) is 10.3. The van der Waals surface area contributed by atoms with E-state index in [1.807, 2.05) is 0 Å². The average molecular weight is 364 g/mol. The predicted octanol–water partition coefficient (Wildman–Crippen LogP) is 7.15. The van der Waals surface area contributed by atoms with E-state index in [4.69, 9.17) is 4.74 Å². The monoisotopic (exact) mass is 364 g/mol. The Bertz CT molecular complexity index is 1260. The van der Waals surface area contributed by atoms with Crippen molar-refractivity contribution in [3.8, 4) is 5.75 Å². The lowest BCUT2D eigenvalue weighted by molar-refractivity contribution is 0.133. The van der Waals surface area contributed by atoms with Crippen LogP contribution in [-0.4, -0.2) is 5.60 Å². The third kappa shape index (κ3) is 2.26. The van der Waals surface area contributed by atoms with Crippen molar-refractivity contribution in [3.63, 3.8) is 0 Å². The fourth-order valence-electron chi connectivity index (χ4n) is 5.31. The smallest absolute Gasteiger partial charge is 0.127 e. The van der Waals surface area contributed by atoms with Gasteiger partial charge in [0, 0.05) is 17.2 Å². The van der Waals surface area contributed by atoms with E-state index in [2.05, 4.69) is 87.5 Å². The highest BCUT2D eigenvalue weighted by Gasteiger charge is 2.41. The minimum absolute atomic E-state index is 0.197. The van der Waals surface area contributed by atoms with Crippen molar-refractivity contribution in [1.82, 2.24) is 0 Å². The fraction of sp³-hybridized carbons (Fsp3) is 0.259. The molecule has 0 radical (unpaired) electrons. The maximum atomic E-state index is 6.28. The molecular weight excluding hydrogens is 340 g/mol. The van der Waals surface area contributed by atoms with Gasteiger partial charge >= 0.3 is 0 Å². The fourth-order valence-corrected chi connectivity index (χ4v) is 5.31. The summed E-state index contributed by atoms with van der Waals surface area (Å²) in [6.45, 7) is 6.34. The summed E-state index contributed by atoms with van der Waals surface area (Å²) >= 11 is 0. The van der Waals surface area contributed by atoms with Gasteiger partial charge in [0.15, 0.2) is 0 Å². The van der Waals surface area contributed by atoms with Crippen molar-refractivity contribution in [1.29, 1.82) is 0 Å². The molecule has 4 aromatic carbocycles. The Morgan fingerprint density at radius 3 is 1.82 bits per heavy atom. The molecule has 0 fully saturated rings. The Hall–Kier alpha value is -2.80. The summed E-state index contributed by atoms with van der Waals surface area (Å²) in [7, 11) is 0. The second-order valence-corrected chi connectivity index (χ2v) is 9.34. The van der Waals surface area contributed by atoms with Gasteiger partial charge in [-0.25, -0.2) is 0 Å². The van der Waals surface area contributed by atoms with Crippen LogP contribution in [0, 0.1) is 0 Å². The van der Waals surface area contributed by atoms with E-state index in [1.54, 1.807) is 0 Å². The second-order valence-electron chi connectivity index (χ2n) is 9.34. The van der Waals surface area contributed by atoms with Crippen LogP contribution in [0.3, 0.4) is 0 Å². The number of ether oxygens (including phenoxy) is 1. The van der Waals surface area contributed by atoms with E-state index >= 15 is 0 Å². The molecule has 0 saturated heterocycles. The van der Waals surface area contributed by atoms with Gasteiger partial charge in [-0.15, -0.1) is 0 Å². The molecule has 6 rings (SSSR count). The Kier molecular flexibility index (Phi) is 3.11. The average Bonchev–Trinajstić information content (AvgIpc) is 3.20. The molecule has 0 heterocycles. The van der Waals surface area contributed by atoms with E-state index in [9.17, 15) is 0 Å². The Morgan fingerprint density at radius 1 is 0.679 bits per heavy atom. The highest BCUT2D eigenvalue weighted by Crippen LogP contribution is 2.58. The van der Waals surface area contributed by atoms with Crippen LogP contribution in [0.25, 0.3) is 21.5 Å². The molecule has 0 N–H and O–H groups in total. The van der Waals surface area contributed by atoms with E-state index in [-0.39, 0.29) is 5.60 Å². The standard InChI is InChI=1S/C27H24O/c1-27(2,3)28-26-10-6-9-18-13-22-23(14-19(18)26)25-15-24(22)20-11-16-7-4-5-8-17(16)12-21(20)25/h4-14,24-25H,15H2,1-3H3. The van der Waals surface area contributed by atoms with E-state index in [0.717, 1.165) is 5.75 Å². The summed E-state index contributed by atoms with van der Waals surface area (Å²) in [5, 5.41) is 5.24. The van der Waals surface area contributed by atoms with Crippen LogP contribution in [0.1, 0.15) is 61.3 Å².